The number of hydrogen-bond donors (Lipinski definition) is 0. The van der Waals surface area contributed by atoms with Gasteiger partial charge in [0, 0.05) is 26.9 Å². The number of amides is 2. The summed E-state index contributed by atoms with van der Waals surface area (Å²) in [6.07, 6.45) is 0. The van der Waals surface area contributed by atoms with Crippen LogP contribution in [0.15, 0.2) is 84.9 Å². The third-order valence-corrected chi connectivity index (χ3v) is 9.26. The molecule has 2 heterocycles. The lowest BCUT2D eigenvalue weighted by Gasteiger charge is -2.33. The molecule has 4 aromatic rings. The molecule has 0 radical (unpaired) electrons. The van der Waals surface area contributed by atoms with Gasteiger partial charge in [-0.05, 0) is 69.5 Å². The van der Waals surface area contributed by atoms with Crippen molar-refractivity contribution in [3.8, 4) is 22.3 Å². The molecule has 8 rings (SSSR count). The van der Waals surface area contributed by atoms with Crippen molar-refractivity contribution < 1.29 is 9.59 Å². The summed E-state index contributed by atoms with van der Waals surface area (Å²) in [5.74, 6) is 0.280. The molecule has 2 aliphatic carbocycles. The summed E-state index contributed by atoms with van der Waals surface area (Å²) in [5, 5.41) is 0. The summed E-state index contributed by atoms with van der Waals surface area (Å²) < 4.78 is 0. The minimum Gasteiger partial charge on any atom is -0.325 e. The van der Waals surface area contributed by atoms with E-state index in [9.17, 15) is 9.59 Å². The lowest BCUT2D eigenvalue weighted by Crippen LogP contribution is -2.41. The van der Waals surface area contributed by atoms with Gasteiger partial charge in [-0.25, -0.2) is 0 Å². The summed E-state index contributed by atoms with van der Waals surface area (Å²) in [5.41, 5.74) is 12.3. The first kappa shape index (κ1) is 23.0. The van der Waals surface area contributed by atoms with Gasteiger partial charge in [0.1, 0.15) is 0 Å². The van der Waals surface area contributed by atoms with E-state index in [-0.39, 0.29) is 22.9 Å². The summed E-state index contributed by atoms with van der Waals surface area (Å²) in [4.78, 5) is 28.1. The van der Waals surface area contributed by atoms with Gasteiger partial charge in [0.15, 0.2) is 0 Å². The fourth-order valence-corrected chi connectivity index (χ4v) is 7.69. The molecule has 4 aliphatic rings. The van der Waals surface area contributed by atoms with Crippen molar-refractivity contribution in [1.29, 1.82) is 0 Å². The van der Waals surface area contributed by atoms with E-state index in [1.54, 1.807) is 13.8 Å². The second kappa shape index (κ2) is 7.67. The molecule has 0 unspecified atom stereocenters. The van der Waals surface area contributed by atoms with Crippen LogP contribution in [-0.2, 0) is 33.8 Å². The third kappa shape index (κ3) is 2.70. The van der Waals surface area contributed by atoms with Crippen molar-refractivity contribution in [2.24, 2.45) is 0 Å². The second-order valence-corrected chi connectivity index (χ2v) is 11.1. The van der Waals surface area contributed by atoms with Crippen LogP contribution in [0.25, 0.3) is 22.3 Å². The average Bonchev–Trinajstić information content (AvgIpc) is 3.58. The van der Waals surface area contributed by atoms with Gasteiger partial charge in [0.2, 0.25) is 11.8 Å². The van der Waals surface area contributed by atoms with Crippen molar-refractivity contribution in [3.63, 3.8) is 0 Å². The molecule has 0 spiro atoms. The molecule has 0 N–H and O–H groups in total. The van der Waals surface area contributed by atoms with Gasteiger partial charge >= 0.3 is 0 Å². The normalized spacial score (nSPS) is 22.3. The Balaban J connectivity index is 0.000000127. The predicted molar refractivity (Wildman–Crippen MR) is 149 cm³/mol. The van der Waals surface area contributed by atoms with Crippen LogP contribution >= 0.6 is 0 Å². The molecule has 38 heavy (non-hydrogen) atoms. The van der Waals surface area contributed by atoms with Crippen LogP contribution in [0.4, 0.5) is 0 Å². The summed E-state index contributed by atoms with van der Waals surface area (Å²) in [6, 6.07) is 29.7. The lowest BCUT2D eigenvalue weighted by atomic mass is 9.89. The van der Waals surface area contributed by atoms with E-state index in [0.717, 1.165) is 13.1 Å². The number of fused-ring (bicyclic) bond motifs is 6. The Labute approximate surface area is 223 Å². The third-order valence-electron chi connectivity index (χ3n) is 9.26. The Bertz CT molecular complexity index is 1560. The Morgan fingerprint density at radius 2 is 0.921 bits per heavy atom. The lowest BCUT2D eigenvalue weighted by molar-refractivity contribution is -0.134. The zero-order chi connectivity index (χ0) is 26.4. The minimum atomic E-state index is -0.283. The Morgan fingerprint density at radius 3 is 1.32 bits per heavy atom. The van der Waals surface area contributed by atoms with Crippen LogP contribution in [0.2, 0.25) is 0 Å². The Kier molecular flexibility index (Phi) is 4.64. The highest BCUT2D eigenvalue weighted by molar-refractivity contribution is 5.88. The van der Waals surface area contributed by atoms with Crippen molar-refractivity contribution in [2.45, 2.75) is 51.9 Å². The molecule has 188 valence electrons. The molecule has 0 aromatic heterocycles. The first-order chi connectivity index (χ1) is 18.3. The second-order valence-electron chi connectivity index (χ2n) is 11.1. The minimum absolute atomic E-state index is 0.140. The van der Waals surface area contributed by atoms with E-state index in [1.807, 2.05) is 9.80 Å². The molecule has 2 amide bonds. The zero-order valence-electron chi connectivity index (χ0n) is 22.2. The van der Waals surface area contributed by atoms with Crippen LogP contribution < -0.4 is 0 Å². The number of benzene rings is 4. The highest BCUT2D eigenvalue weighted by Crippen LogP contribution is 2.57. The standard InChI is InChI=1S/2C17H15NO/c2*1-11(19)18-10-12-6-5-8-14-13-7-3-4-9-15(13)17(18,2)16(12)14/h2*3-9H,10H2,1-2H3/t2*17-/m11/s1. The quantitative estimate of drug-likeness (QED) is 0.275. The largest absolute Gasteiger partial charge is 0.325 e. The molecule has 4 heteroatoms. The van der Waals surface area contributed by atoms with Gasteiger partial charge in [0.05, 0.1) is 11.1 Å². The van der Waals surface area contributed by atoms with Crippen LogP contribution in [0.3, 0.4) is 0 Å². The van der Waals surface area contributed by atoms with Crippen molar-refractivity contribution in [3.05, 3.63) is 118 Å². The number of nitrogens with zero attached hydrogens (tertiary/aromatic N) is 2. The number of rotatable bonds is 0. The van der Waals surface area contributed by atoms with Gasteiger partial charge in [-0.3, -0.25) is 9.59 Å². The van der Waals surface area contributed by atoms with Crippen LogP contribution in [-0.4, -0.2) is 21.6 Å². The molecule has 2 aliphatic heterocycles. The van der Waals surface area contributed by atoms with Gasteiger partial charge in [-0.1, -0.05) is 84.9 Å². The molecule has 4 nitrogen and oxygen atoms in total. The Morgan fingerprint density at radius 1 is 0.553 bits per heavy atom. The van der Waals surface area contributed by atoms with Crippen molar-refractivity contribution in [2.75, 3.05) is 0 Å². The smallest absolute Gasteiger partial charge is 0.220 e. The van der Waals surface area contributed by atoms with E-state index in [1.165, 1.54) is 55.6 Å². The van der Waals surface area contributed by atoms with Crippen LogP contribution in [0.1, 0.15) is 61.1 Å². The topological polar surface area (TPSA) is 40.6 Å². The number of hydrogen-bond acceptors (Lipinski definition) is 2. The zero-order valence-corrected chi connectivity index (χ0v) is 22.2. The van der Waals surface area contributed by atoms with Gasteiger partial charge < -0.3 is 9.80 Å². The first-order valence-corrected chi connectivity index (χ1v) is 13.3. The van der Waals surface area contributed by atoms with Gasteiger partial charge in [0.25, 0.3) is 0 Å². The predicted octanol–water partition coefficient (Wildman–Crippen LogP) is 6.59. The van der Waals surface area contributed by atoms with Crippen molar-refractivity contribution in [1.82, 2.24) is 9.80 Å². The first-order valence-electron chi connectivity index (χ1n) is 13.3. The molecule has 2 atom stereocenters. The highest BCUT2D eigenvalue weighted by Gasteiger charge is 2.51. The molecule has 0 bridgehead atoms. The summed E-state index contributed by atoms with van der Waals surface area (Å²) >= 11 is 0. The average molecular weight is 499 g/mol. The monoisotopic (exact) mass is 498 g/mol. The molecule has 0 saturated heterocycles. The SMILES string of the molecule is CC(=O)N1Cc2cccc3c2[C@@]1(C)c1ccccc1-3.CC(=O)N1Cc2cccc3c2[C@@]1(C)c1ccccc1-3. The fraction of sp³-hybridized carbons (Fsp3) is 0.235. The maximum atomic E-state index is 12.0. The van der Waals surface area contributed by atoms with Crippen LogP contribution in [0, 0.1) is 0 Å². The Hall–Kier alpha value is -4.18. The molecule has 0 saturated carbocycles. The molecular weight excluding hydrogens is 468 g/mol. The van der Waals surface area contributed by atoms with E-state index >= 15 is 0 Å². The molecule has 4 aromatic carbocycles. The van der Waals surface area contributed by atoms with E-state index in [0.29, 0.717) is 0 Å². The molecular formula is C34H30N2O2. The van der Waals surface area contributed by atoms with E-state index < -0.39 is 0 Å². The number of carbonyl (C=O) groups is 2. The van der Waals surface area contributed by atoms with Gasteiger partial charge in [-0.2, -0.15) is 0 Å². The van der Waals surface area contributed by atoms with Gasteiger partial charge in [-0.15, -0.1) is 0 Å². The van der Waals surface area contributed by atoms with E-state index in [4.69, 9.17) is 0 Å². The highest BCUT2D eigenvalue weighted by atomic mass is 16.2. The van der Waals surface area contributed by atoms with Crippen molar-refractivity contribution >= 4 is 11.8 Å². The summed E-state index contributed by atoms with van der Waals surface area (Å²) in [7, 11) is 0. The number of carbonyl (C=O) groups excluding carboxylic acids is 2. The molecule has 0 fully saturated rings. The van der Waals surface area contributed by atoms with E-state index in [2.05, 4.69) is 98.8 Å². The summed E-state index contributed by atoms with van der Waals surface area (Å²) in [6.45, 7) is 9.13. The maximum absolute atomic E-state index is 12.0. The van der Waals surface area contributed by atoms with Crippen LogP contribution in [0.5, 0.6) is 0 Å². The maximum Gasteiger partial charge on any atom is 0.220 e. The fourth-order valence-electron chi connectivity index (χ4n) is 7.69.